The summed E-state index contributed by atoms with van der Waals surface area (Å²) in [5.74, 6) is 0. The van der Waals surface area contributed by atoms with Crippen LogP contribution >= 0.6 is 0 Å². The molecule has 0 saturated carbocycles. The molecule has 1 aromatic rings. The highest BCUT2D eigenvalue weighted by molar-refractivity contribution is 7.87. The van der Waals surface area contributed by atoms with E-state index in [2.05, 4.69) is 15.4 Å². The molecule has 3 rings (SSSR count). The molecule has 1 aromatic carbocycles. The molecule has 18 heteroatoms. The first kappa shape index (κ1) is 47.0. The van der Waals surface area contributed by atoms with Gasteiger partial charge in [0.2, 0.25) is 0 Å². The van der Waals surface area contributed by atoms with Gasteiger partial charge in [-0.05, 0) is 70.8 Å². The number of hydrogen-bond acceptors (Lipinski definition) is 10. The van der Waals surface area contributed by atoms with Crippen LogP contribution in [0, 0.1) is 10.8 Å². The topological polar surface area (TPSA) is 193 Å². The van der Waals surface area contributed by atoms with Gasteiger partial charge in [-0.15, -0.1) is 0 Å². The number of nitrogens with one attached hydrogen (secondary N) is 3. The number of carbonyl (C=O) groups excluding carboxylic acids is 3. The van der Waals surface area contributed by atoms with Crippen LogP contribution in [-0.2, 0) is 41.2 Å². The Morgan fingerprint density at radius 2 is 1.17 bits per heavy atom. The minimum atomic E-state index is -4.09. The van der Waals surface area contributed by atoms with Gasteiger partial charge in [0.05, 0.1) is 12.1 Å². The number of alkyl carbamates (subject to hydrolysis) is 2. The highest BCUT2D eigenvalue weighted by Crippen LogP contribution is 2.26. The summed E-state index contributed by atoms with van der Waals surface area (Å²) in [7, 11) is -7.55. The van der Waals surface area contributed by atoms with E-state index in [9.17, 15) is 31.2 Å². The molecule has 0 bridgehead atoms. The number of rotatable bonds is 8. The molecular formula is C36H64N6O10S2. The Kier molecular flexibility index (Phi) is 16.2. The summed E-state index contributed by atoms with van der Waals surface area (Å²) < 4.78 is 72.1. The summed E-state index contributed by atoms with van der Waals surface area (Å²) in [4.78, 5) is 36.9. The highest BCUT2D eigenvalue weighted by atomic mass is 32.2. The van der Waals surface area contributed by atoms with E-state index in [4.69, 9.17) is 14.2 Å². The second kappa shape index (κ2) is 18.6. The lowest BCUT2D eigenvalue weighted by atomic mass is 9.86. The summed E-state index contributed by atoms with van der Waals surface area (Å²) in [6, 6.07) is 8.17. The molecule has 2 fully saturated rings. The number of ether oxygens (including phenoxy) is 3. The minimum Gasteiger partial charge on any atom is -0.444 e. The standard InChI is InChI=1S/C22H35N3O6S.C14H29N3O4S/c1-21(2,3)18(23-19(26)31-22(4,5)6)15-24-13-10-14-25(32(24,28)29)20(27)30-16-17-11-8-7-9-12-17;1-13(2,3)11(16-12(18)21-14(4,5)6)10-17-9-7-8-15-22(17,19)20/h7-9,11-12,18H,10,13-16H2,1-6H3,(H,23,26);11,15H,7-10H2,1-6H3,(H,16,18)/t18-;11-/m11/s1. The number of amides is 3. The molecule has 310 valence electrons. The Balaban J connectivity index is 0.000000401. The van der Waals surface area contributed by atoms with Crippen molar-refractivity contribution in [2.24, 2.45) is 10.8 Å². The van der Waals surface area contributed by atoms with Crippen molar-refractivity contribution in [2.75, 3.05) is 39.3 Å². The Morgan fingerprint density at radius 1 is 0.704 bits per heavy atom. The Hall–Kier alpha value is -3.19. The zero-order chi connectivity index (χ0) is 41.3. The van der Waals surface area contributed by atoms with Crippen molar-refractivity contribution in [1.29, 1.82) is 0 Å². The van der Waals surface area contributed by atoms with Gasteiger partial charge in [-0.3, -0.25) is 0 Å². The normalized spacial score (nSPS) is 19.3. The maximum absolute atomic E-state index is 13.1. The number of nitrogens with zero attached hydrogens (tertiary/aromatic N) is 3. The van der Waals surface area contributed by atoms with Gasteiger partial charge in [0.1, 0.15) is 17.8 Å². The van der Waals surface area contributed by atoms with Crippen molar-refractivity contribution in [3.63, 3.8) is 0 Å². The van der Waals surface area contributed by atoms with Crippen molar-refractivity contribution in [1.82, 2.24) is 28.3 Å². The lowest BCUT2D eigenvalue weighted by Crippen LogP contribution is -2.58. The summed E-state index contributed by atoms with van der Waals surface area (Å²) in [6.45, 7) is 23.6. The first-order valence-electron chi connectivity index (χ1n) is 18.2. The van der Waals surface area contributed by atoms with Gasteiger partial charge in [-0.2, -0.15) is 29.8 Å². The number of hydrogen-bond donors (Lipinski definition) is 3. The van der Waals surface area contributed by atoms with Gasteiger partial charge in [-0.1, -0.05) is 71.9 Å². The van der Waals surface area contributed by atoms with Gasteiger partial charge in [0.25, 0.3) is 10.2 Å². The molecule has 2 atom stereocenters. The van der Waals surface area contributed by atoms with Gasteiger partial charge in [0, 0.05) is 39.3 Å². The zero-order valence-electron chi connectivity index (χ0n) is 34.1. The van der Waals surface area contributed by atoms with Crippen molar-refractivity contribution in [3.05, 3.63) is 35.9 Å². The third kappa shape index (κ3) is 15.9. The molecule has 0 radical (unpaired) electrons. The van der Waals surface area contributed by atoms with Crippen molar-refractivity contribution < 1.29 is 45.4 Å². The molecule has 0 spiro atoms. The van der Waals surface area contributed by atoms with E-state index >= 15 is 0 Å². The largest absolute Gasteiger partial charge is 0.444 e. The van der Waals surface area contributed by atoms with Crippen LogP contribution in [0.4, 0.5) is 14.4 Å². The fraction of sp³-hybridized carbons (Fsp3) is 0.750. The van der Waals surface area contributed by atoms with Crippen LogP contribution in [0.1, 0.15) is 101 Å². The maximum atomic E-state index is 13.1. The second-order valence-corrected chi connectivity index (χ2v) is 21.2. The Morgan fingerprint density at radius 3 is 1.61 bits per heavy atom. The second-order valence-electron chi connectivity index (χ2n) is 17.6. The van der Waals surface area contributed by atoms with Crippen LogP contribution in [0.15, 0.2) is 30.3 Å². The predicted octanol–water partition coefficient (Wildman–Crippen LogP) is 4.98. The van der Waals surface area contributed by atoms with Crippen LogP contribution in [-0.4, -0.2) is 111 Å². The lowest BCUT2D eigenvalue weighted by molar-refractivity contribution is 0.0441. The smallest absolute Gasteiger partial charge is 0.424 e. The van der Waals surface area contributed by atoms with E-state index in [0.29, 0.717) is 19.5 Å². The SMILES string of the molecule is CC(C)(C)OC(=O)N[C@H](CN1CCCN(C(=O)OCc2ccccc2)S1(=O)=O)C(C)(C)C.CC(C)(C)OC(=O)N[C@H](CN1CCCNS1(=O)=O)C(C)(C)C. The molecule has 2 saturated heterocycles. The van der Waals surface area contributed by atoms with Gasteiger partial charge >= 0.3 is 28.5 Å². The van der Waals surface area contributed by atoms with Crippen LogP contribution < -0.4 is 15.4 Å². The molecular weight excluding hydrogens is 741 g/mol. The first-order chi connectivity index (χ1) is 24.5. The Labute approximate surface area is 323 Å². The third-order valence-electron chi connectivity index (χ3n) is 8.24. The van der Waals surface area contributed by atoms with Crippen LogP contribution in [0.5, 0.6) is 0 Å². The quantitative estimate of drug-likeness (QED) is 0.302. The minimum absolute atomic E-state index is 0.00748. The molecule has 2 aliphatic heterocycles. The predicted molar refractivity (Wildman–Crippen MR) is 207 cm³/mol. The number of carbonyl (C=O) groups is 3. The molecule has 3 N–H and O–H groups in total. The highest BCUT2D eigenvalue weighted by Gasteiger charge is 2.41. The monoisotopic (exact) mass is 804 g/mol. The molecule has 54 heavy (non-hydrogen) atoms. The summed E-state index contributed by atoms with van der Waals surface area (Å²) in [5, 5.41) is 5.59. The van der Waals surface area contributed by atoms with E-state index in [1.165, 1.54) is 8.61 Å². The van der Waals surface area contributed by atoms with Gasteiger partial charge < -0.3 is 24.8 Å². The van der Waals surface area contributed by atoms with Crippen LogP contribution in [0.25, 0.3) is 0 Å². The molecule has 3 amide bonds. The van der Waals surface area contributed by atoms with E-state index in [-0.39, 0.29) is 44.2 Å². The van der Waals surface area contributed by atoms with Crippen molar-refractivity contribution in [3.8, 4) is 0 Å². The fourth-order valence-corrected chi connectivity index (χ4v) is 8.04. The summed E-state index contributed by atoms with van der Waals surface area (Å²) in [6.07, 6.45) is -0.849. The fourth-order valence-electron chi connectivity index (χ4n) is 5.16. The summed E-state index contributed by atoms with van der Waals surface area (Å²) in [5.41, 5.74) is -1.26. The van der Waals surface area contributed by atoms with Gasteiger partial charge in [-0.25, -0.2) is 19.1 Å². The third-order valence-corrected chi connectivity index (χ3v) is 11.7. The summed E-state index contributed by atoms with van der Waals surface area (Å²) >= 11 is 0. The van der Waals surface area contributed by atoms with Crippen LogP contribution in [0.2, 0.25) is 0 Å². The average Bonchev–Trinajstić information content (AvgIpc) is 2.99. The lowest BCUT2D eigenvalue weighted by Gasteiger charge is -2.39. The molecule has 0 aromatic heterocycles. The van der Waals surface area contributed by atoms with E-state index in [0.717, 1.165) is 16.3 Å². The molecule has 2 heterocycles. The van der Waals surface area contributed by atoms with E-state index in [1.807, 2.05) is 59.7 Å². The van der Waals surface area contributed by atoms with Gasteiger partial charge in [0.15, 0.2) is 0 Å². The zero-order valence-corrected chi connectivity index (χ0v) is 35.8. The van der Waals surface area contributed by atoms with Crippen molar-refractivity contribution >= 4 is 38.7 Å². The average molecular weight is 805 g/mol. The molecule has 0 unspecified atom stereocenters. The molecule has 0 aliphatic carbocycles. The van der Waals surface area contributed by atoms with E-state index in [1.54, 1.807) is 53.7 Å². The number of benzene rings is 1. The van der Waals surface area contributed by atoms with E-state index < -0.39 is 61.4 Å². The van der Waals surface area contributed by atoms with Crippen molar-refractivity contribution in [2.45, 2.75) is 126 Å². The van der Waals surface area contributed by atoms with Crippen LogP contribution in [0.3, 0.4) is 0 Å². The first-order valence-corrected chi connectivity index (χ1v) is 21.1. The molecule has 2 aliphatic rings. The molecule has 16 nitrogen and oxygen atoms in total. The maximum Gasteiger partial charge on any atom is 0.424 e. The Bertz CT molecular complexity index is 1610.